The van der Waals surface area contributed by atoms with Gasteiger partial charge in [0.2, 0.25) is 0 Å². The molecule has 0 saturated heterocycles. The van der Waals surface area contributed by atoms with Crippen LogP contribution in [0, 0.1) is 44.9 Å². The van der Waals surface area contributed by atoms with Crippen LogP contribution in [0.1, 0.15) is 41.2 Å². The molecule has 0 aromatic heterocycles. The second kappa shape index (κ2) is 3.35. The third-order valence-corrected chi connectivity index (χ3v) is 4.32. The standard InChI is InChI=1S/C15H19N/c1-9-6-10(2)13(5)14(12(9)4)15(8-16)7-11(15)3/h6,11H,7H2,1-5H3. The van der Waals surface area contributed by atoms with Crippen LogP contribution < -0.4 is 0 Å². The summed E-state index contributed by atoms with van der Waals surface area (Å²) in [4.78, 5) is 0. The van der Waals surface area contributed by atoms with Gasteiger partial charge >= 0.3 is 0 Å². The average molecular weight is 213 g/mol. The van der Waals surface area contributed by atoms with Crippen molar-refractivity contribution in [2.45, 2.75) is 46.5 Å². The fourth-order valence-corrected chi connectivity index (χ4v) is 2.87. The molecule has 0 heterocycles. The topological polar surface area (TPSA) is 23.8 Å². The van der Waals surface area contributed by atoms with Crippen LogP contribution in [0.15, 0.2) is 6.07 Å². The molecule has 1 aliphatic carbocycles. The summed E-state index contributed by atoms with van der Waals surface area (Å²) in [5.41, 5.74) is 6.37. The van der Waals surface area contributed by atoms with Gasteiger partial charge in [-0.3, -0.25) is 0 Å². The Labute approximate surface area is 98.1 Å². The summed E-state index contributed by atoms with van der Waals surface area (Å²) in [5, 5.41) is 9.46. The molecule has 1 aromatic carbocycles. The van der Waals surface area contributed by atoms with Crippen molar-refractivity contribution in [3.8, 4) is 6.07 Å². The molecule has 0 N–H and O–H groups in total. The van der Waals surface area contributed by atoms with Crippen molar-refractivity contribution in [2.24, 2.45) is 5.92 Å². The molecule has 1 fully saturated rings. The van der Waals surface area contributed by atoms with Crippen LogP contribution in [0.4, 0.5) is 0 Å². The number of benzene rings is 1. The van der Waals surface area contributed by atoms with E-state index in [1.165, 1.54) is 27.8 Å². The Kier molecular flexibility index (Phi) is 2.35. The Morgan fingerprint density at radius 2 is 1.62 bits per heavy atom. The predicted octanol–water partition coefficient (Wildman–Crippen LogP) is 3.72. The van der Waals surface area contributed by atoms with E-state index in [1.54, 1.807) is 0 Å². The van der Waals surface area contributed by atoms with Crippen molar-refractivity contribution >= 4 is 0 Å². The van der Waals surface area contributed by atoms with Crippen molar-refractivity contribution in [2.75, 3.05) is 0 Å². The molecule has 0 spiro atoms. The van der Waals surface area contributed by atoms with Crippen molar-refractivity contribution in [1.82, 2.24) is 0 Å². The zero-order valence-corrected chi connectivity index (χ0v) is 10.8. The maximum absolute atomic E-state index is 9.46. The molecule has 84 valence electrons. The number of hydrogen-bond acceptors (Lipinski definition) is 1. The summed E-state index contributed by atoms with van der Waals surface area (Å²) in [6, 6.07) is 4.78. The maximum atomic E-state index is 9.46. The van der Waals surface area contributed by atoms with Crippen molar-refractivity contribution in [1.29, 1.82) is 5.26 Å². The van der Waals surface area contributed by atoms with E-state index in [1.807, 2.05) is 0 Å². The number of rotatable bonds is 1. The smallest absolute Gasteiger partial charge is 0.0857 e. The lowest BCUT2D eigenvalue weighted by atomic mass is 9.83. The SMILES string of the molecule is Cc1cc(C)c(C)c(C2(C#N)CC2C)c1C. The molecule has 1 saturated carbocycles. The van der Waals surface area contributed by atoms with E-state index < -0.39 is 0 Å². The van der Waals surface area contributed by atoms with Crippen LogP contribution in [0.5, 0.6) is 0 Å². The van der Waals surface area contributed by atoms with Gasteiger partial charge in [0.25, 0.3) is 0 Å². The third-order valence-electron chi connectivity index (χ3n) is 4.32. The van der Waals surface area contributed by atoms with Gasteiger partial charge in [-0.1, -0.05) is 13.0 Å². The average Bonchev–Trinajstić information content (AvgIpc) is 2.88. The van der Waals surface area contributed by atoms with E-state index in [2.05, 4.69) is 46.8 Å². The van der Waals surface area contributed by atoms with Crippen LogP contribution in [0.25, 0.3) is 0 Å². The summed E-state index contributed by atoms with van der Waals surface area (Å²) in [6.07, 6.45) is 1.02. The molecule has 2 atom stereocenters. The molecule has 0 aliphatic heterocycles. The van der Waals surface area contributed by atoms with Crippen LogP contribution in [-0.2, 0) is 5.41 Å². The summed E-state index contributed by atoms with van der Waals surface area (Å²) in [6.45, 7) is 10.8. The summed E-state index contributed by atoms with van der Waals surface area (Å²) >= 11 is 0. The minimum Gasteiger partial charge on any atom is -0.197 e. The zero-order chi connectivity index (χ0) is 12.1. The van der Waals surface area contributed by atoms with Gasteiger partial charge in [-0.05, 0) is 67.9 Å². The van der Waals surface area contributed by atoms with Gasteiger partial charge in [-0.25, -0.2) is 0 Å². The Balaban J connectivity index is 2.71. The second-order valence-corrected chi connectivity index (χ2v) is 5.32. The lowest BCUT2D eigenvalue weighted by molar-refractivity contribution is 0.775. The Morgan fingerprint density at radius 3 is 1.94 bits per heavy atom. The van der Waals surface area contributed by atoms with Crippen molar-refractivity contribution in [3.05, 3.63) is 33.9 Å². The zero-order valence-electron chi connectivity index (χ0n) is 10.8. The summed E-state index contributed by atoms with van der Waals surface area (Å²) in [7, 11) is 0. The van der Waals surface area contributed by atoms with E-state index in [-0.39, 0.29) is 5.41 Å². The molecule has 0 radical (unpaired) electrons. The van der Waals surface area contributed by atoms with E-state index in [9.17, 15) is 5.26 Å². The molecule has 2 unspecified atom stereocenters. The molecule has 1 nitrogen and oxygen atoms in total. The van der Waals surface area contributed by atoms with Gasteiger partial charge in [-0.2, -0.15) is 5.26 Å². The fraction of sp³-hybridized carbons (Fsp3) is 0.533. The summed E-state index contributed by atoms with van der Waals surface area (Å²) in [5.74, 6) is 0.510. The largest absolute Gasteiger partial charge is 0.197 e. The summed E-state index contributed by atoms with van der Waals surface area (Å²) < 4.78 is 0. The highest BCUT2D eigenvalue weighted by atomic mass is 14.6. The van der Waals surface area contributed by atoms with Gasteiger partial charge in [-0.15, -0.1) is 0 Å². The van der Waals surface area contributed by atoms with Gasteiger partial charge in [0.05, 0.1) is 11.5 Å². The third kappa shape index (κ3) is 1.29. The number of aryl methyl sites for hydroxylation is 2. The number of hydrogen-bond donors (Lipinski definition) is 0. The molecule has 0 amide bonds. The molecule has 1 heteroatoms. The lowest BCUT2D eigenvalue weighted by Gasteiger charge is -2.19. The fourth-order valence-electron chi connectivity index (χ4n) is 2.87. The first-order chi connectivity index (χ1) is 7.44. The van der Waals surface area contributed by atoms with Crippen LogP contribution >= 0.6 is 0 Å². The van der Waals surface area contributed by atoms with E-state index >= 15 is 0 Å². The molecule has 2 rings (SSSR count). The van der Waals surface area contributed by atoms with Gasteiger partial charge < -0.3 is 0 Å². The predicted molar refractivity (Wildman–Crippen MR) is 66.5 cm³/mol. The number of nitriles is 1. The first-order valence-electron chi connectivity index (χ1n) is 5.93. The first kappa shape index (κ1) is 11.2. The minimum atomic E-state index is -0.190. The van der Waals surface area contributed by atoms with E-state index in [4.69, 9.17) is 0 Å². The highest BCUT2D eigenvalue weighted by Crippen LogP contribution is 2.55. The highest BCUT2D eigenvalue weighted by Gasteiger charge is 2.54. The first-order valence-corrected chi connectivity index (χ1v) is 5.93. The van der Waals surface area contributed by atoms with Gasteiger partial charge in [0.1, 0.15) is 0 Å². The number of nitrogens with zero attached hydrogens (tertiary/aromatic N) is 1. The van der Waals surface area contributed by atoms with E-state index in [0.29, 0.717) is 5.92 Å². The Morgan fingerprint density at radius 1 is 1.19 bits per heavy atom. The lowest BCUT2D eigenvalue weighted by Crippen LogP contribution is -2.12. The monoisotopic (exact) mass is 213 g/mol. The van der Waals surface area contributed by atoms with E-state index in [0.717, 1.165) is 6.42 Å². The molecule has 1 aromatic rings. The second-order valence-electron chi connectivity index (χ2n) is 5.32. The minimum absolute atomic E-state index is 0.190. The molecule has 16 heavy (non-hydrogen) atoms. The highest BCUT2D eigenvalue weighted by molar-refractivity contribution is 5.54. The normalized spacial score (nSPS) is 27.6. The van der Waals surface area contributed by atoms with Gasteiger partial charge in [0, 0.05) is 0 Å². The van der Waals surface area contributed by atoms with Crippen LogP contribution in [-0.4, -0.2) is 0 Å². The maximum Gasteiger partial charge on any atom is 0.0857 e. The Hall–Kier alpha value is -1.29. The Bertz CT molecular complexity index is 467. The van der Waals surface area contributed by atoms with Crippen molar-refractivity contribution in [3.63, 3.8) is 0 Å². The molecule has 0 bridgehead atoms. The van der Waals surface area contributed by atoms with Crippen LogP contribution in [0.3, 0.4) is 0 Å². The quantitative estimate of drug-likeness (QED) is 0.697. The van der Waals surface area contributed by atoms with Gasteiger partial charge in [0.15, 0.2) is 0 Å². The van der Waals surface area contributed by atoms with Crippen LogP contribution in [0.2, 0.25) is 0 Å². The molecule has 1 aliphatic rings. The van der Waals surface area contributed by atoms with Crippen molar-refractivity contribution < 1.29 is 0 Å². The molecular formula is C15H19N. The molecular weight excluding hydrogens is 194 g/mol.